The van der Waals surface area contributed by atoms with Gasteiger partial charge < -0.3 is 16.0 Å². The highest BCUT2D eigenvalue weighted by atomic mass is 32.2. The molecule has 0 bridgehead atoms. The molecule has 1 aromatic carbocycles. The van der Waals surface area contributed by atoms with Gasteiger partial charge in [-0.3, -0.25) is 14.4 Å². The van der Waals surface area contributed by atoms with Gasteiger partial charge in [0.05, 0.1) is 11.4 Å². The Morgan fingerprint density at radius 1 is 1.00 bits per heavy atom. The molecule has 1 aliphatic carbocycles. The molecule has 1 saturated carbocycles. The lowest BCUT2D eigenvalue weighted by Crippen LogP contribution is -2.41. The lowest BCUT2D eigenvalue weighted by molar-refractivity contribution is -0.126. The first kappa shape index (κ1) is 23.8. The van der Waals surface area contributed by atoms with Crippen LogP contribution in [0.3, 0.4) is 0 Å². The minimum Gasteiger partial charge on any atom is -0.354 e. The third-order valence-corrected chi connectivity index (χ3v) is 6.82. The van der Waals surface area contributed by atoms with Crippen molar-refractivity contribution in [3.05, 3.63) is 29.8 Å². The zero-order valence-corrected chi connectivity index (χ0v) is 18.3. The average Bonchev–Trinajstić information content (AvgIpc) is 2.75. The van der Waals surface area contributed by atoms with E-state index in [0.717, 1.165) is 30.0 Å². The van der Waals surface area contributed by atoms with Gasteiger partial charge in [-0.05, 0) is 31.0 Å². The Morgan fingerprint density at radius 2 is 1.67 bits per heavy atom. The molecule has 0 aromatic heterocycles. The first-order chi connectivity index (χ1) is 14.2. The summed E-state index contributed by atoms with van der Waals surface area (Å²) in [6, 6.07) is 5.62. The van der Waals surface area contributed by atoms with Crippen molar-refractivity contribution in [3.8, 4) is 0 Å². The molecule has 2 rings (SSSR count). The van der Waals surface area contributed by atoms with E-state index >= 15 is 0 Å². The van der Waals surface area contributed by atoms with Crippen molar-refractivity contribution in [1.29, 1.82) is 0 Å². The molecule has 0 unspecified atom stereocenters. The number of benzene rings is 1. The van der Waals surface area contributed by atoms with Crippen molar-refractivity contribution >= 4 is 27.7 Å². The maximum absolute atomic E-state index is 12.2. The Morgan fingerprint density at radius 3 is 2.33 bits per heavy atom. The van der Waals surface area contributed by atoms with Crippen LogP contribution in [0.5, 0.6) is 0 Å². The SMILES string of the molecule is CN(C)S(=O)(=O)c1cccc(C(=O)NCC(=O)NCCNC(=O)C2CCCCC2)c1. The summed E-state index contributed by atoms with van der Waals surface area (Å²) >= 11 is 0. The quantitative estimate of drug-likeness (QED) is 0.484. The Labute approximate surface area is 177 Å². The molecule has 3 N–H and O–H groups in total. The number of hydrogen-bond acceptors (Lipinski definition) is 5. The van der Waals surface area contributed by atoms with E-state index in [2.05, 4.69) is 16.0 Å². The van der Waals surface area contributed by atoms with Gasteiger partial charge >= 0.3 is 0 Å². The van der Waals surface area contributed by atoms with Gasteiger partial charge in [0.2, 0.25) is 21.8 Å². The molecule has 0 aliphatic heterocycles. The second-order valence-corrected chi connectivity index (χ2v) is 9.63. The van der Waals surface area contributed by atoms with E-state index in [9.17, 15) is 22.8 Å². The van der Waals surface area contributed by atoms with Crippen molar-refractivity contribution in [2.24, 2.45) is 5.92 Å². The van der Waals surface area contributed by atoms with Crippen LogP contribution in [0.25, 0.3) is 0 Å². The highest BCUT2D eigenvalue weighted by Gasteiger charge is 2.21. The fourth-order valence-electron chi connectivity index (χ4n) is 3.23. The molecule has 3 amide bonds. The van der Waals surface area contributed by atoms with Crippen LogP contribution in [0.1, 0.15) is 42.5 Å². The number of carbonyl (C=O) groups is 3. The molecule has 10 heteroatoms. The number of hydrogen-bond donors (Lipinski definition) is 3. The first-order valence-electron chi connectivity index (χ1n) is 10.1. The number of carbonyl (C=O) groups excluding carboxylic acids is 3. The Balaban J connectivity index is 1.73. The Bertz CT molecular complexity index is 864. The van der Waals surface area contributed by atoms with Crippen molar-refractivity contribution < 1.29 is 22.8 Å². The first-order valence-corrected chi connectivity index (χ1v) is 11.5. The second-order valence-electron chi connectivity index (χ2n) is 7.47. The van der Waals surface area contributed by atoms with Crippen LogP contribution >= 0.6 is 0 Å². The van der Waals surface area contributed by atoms with E-state index in [1.807, 2.05) is 0 Å². The predicted molar refractivity (Wildman–Crippen MR) is 112 cm³/mol. The molecule has 0 saturated heterocycles. The van der Waals surface area contributed by atoms with E-state index in [-0.39, 0.29) is 35.4 Å². The van der Waals surface area contributed by atoms with Crippen LogP contribution in [0.2, 0.25) is 0 Å². The van der Waals surface area contributed by atoms with Gasteiger partial charge in [-0.2, -0.15) is 0 Å². The van der Waals surface area contributed by atoms with Crippen LogP contribution in [0, 0.1) is 5.92 Å². The standard InChI is InChI=1S/C20H30N4O5S/c1-24(2)30(28,29)17-10-6-9-16(13-17)20(27)23-14-18(25)21-11-12-22-19(26)15-7-4-3-5-8-15/h6,9-10,13,15H,3-5,7-8,11-12,14H2,1-2H3,(H,21,25)(H,22,26)(H,23,27). The average molecular weight is 439 g/mol. The Hall–Kier alpha value is -2.46. The van der Waals surface area contributed by atoms with Gasteiger partial charge in [-0.1, -0.05) is 25.3 Å². The van der Waals surface area contributed by atoms with E-state index in [1.165, 1.54) is 44.8 Å². The van der Waals surface area contributed by atoms with Crippen molar-refractivity contribution in [3.63, 3.8) is 0 Å². The molecule has 1 fully saturated rings. The number of nitrogens with zero attached hydrogens (tertiary/aromatic N) is 1. The molecule has 1 aromatic rings. The summed E-state index contributed by atoms with van der Waals surface area (Å²) in [5, 5.41) is 7.91. The summed E-state index contributed by atoms with van der Waals surface area (Å²) in [7, 11) is -0.841. The smallest absolute Gasteiger partial charge is 0.251 e. The molecule has 9 nitrogen and oxygen atoms in total. The summed E-state index contributed by atoms with van der Waals surface area (Å²) < 4.78 is 25.4. The zero-order chi connectivity index (χ0) is 22.1. The van der Waals surface area contributed by atoms with Gasteiger partial charge in [-0.15, -0.1) is 0 Å². The van der Waals surface area contributed by atoms with E-state index in [4.69, 9.17) is 0 Å². The highest BCUT2D eigenvalue weighted by molar-refractivity contribution is 7.89. The lowest BCUT2D eigenvalue weighted by Gasteiger charge is -2.20. The summed E-state index contributed by atoms with van der Waals surface area (Å²) in [4.78, 5) is 36.2. The third kappa shape index (κ3) is 6.81. The number of amides is 3. The molecule has 0 radical (unpaired) electrons. The zero-order valence-electron chi connectivity index (χ0n) is 17.4. The van der Waals surface area contributed by atoms with E-state index in [0.29, 0.717) is 6.54 Å². The Kier molecular flexibility index (Phi) is 8.79. The number of rotatable bonds is 9. The van der Waals surface area contributed by atoms with Gasteiger partial charge in [0.15, 0.2) is 0 Å². The summed E-state index contributed by atoms with van der Waals surface area (Å²) in [5.41, 5.74) is 0.144. The highest BCUT2D eigenvalue weighted by Crippen LogP contribution is 2.23. The van der Waals surface area contributed by atoms with Gasteiger partial charge in [0.1, 0.15) is 0 Å². The van der Waals surface area contributed by atoms with Crippen molar-refractivity contribution in [2.45, 2.75) is 37.0 Å². The predicted octanol–water partition coefficient (Wildman–Crippen LogP) is 0.479. The van der Waals surface area contributed by atoms with Crippen molar-refractivity contribution in [1.82, 2.24) is 20.3 Å². The third-order valence-electron chi connectivity index (χ3n) is 5.01. The normalized spacial score (nSPS) is 14.9. The van der Waals surface area contributed by atoms with Crippen molar-refractivity contribution in [2.75, 3.05) is 33.7 Å². The molecule has 166 valence electrons. The fraction of sp³-hybridized carbons (Fsp3) is 0.550. The van der Waals surface area contributed by atoms with Gasteiger partial charge in [0, 0.05) is 38.7 Å². The molecular weight excluding hydrogens is 408 g/mol. The van der Waals surface area contributed by atoms with E-state index in [1.54, 1.807) is 0 Å². The van der Waals surface area contributed by atoms with Crippen LogP contribution in [0.4, 0.5) is 0 Å². The van der Waals surface area contributed by atoms with Crippen LogP contribution in [-0.2, 0) is 19.6 Å². The summed E-state index contributed by atoms with van der Waals surface area (Å²) in [6.45, 7) is 0.350. The summed E-state index contributed by atoms with van der Waals surface area (Å²) in [5.74, 6) is -0.843. The maximum Gasteiger partial charge on any atom is 0.251 e. The number of sulfonamides is 1. The molecule has 0 heterocycles. The minimum atomic E-state index is -3.65. The maximum atomic E-state index is 12.2. The minimum absolute atomic E-state index is 0.00157. The van der Waals surface area contributed by atoms with Crippen LogP contribution < -0.4 is 16.0 Å². The summed E-state index contributed by atoms with van der Waals surface area (Å²) in [6.07, 6.45) is 5.18. The molecule has 0 spiro atoms. The largest absolute Gasteiger partial charge is 0.354 e. The van der Waals surface area contributed by atoms with Crippen LogP contribution in [0.15, 0.2) is 29.2 Å². The fourth-order valence-corrected chi connectivity index (χ4v) is 4.18. The molecular formula is C20H30N4O5S. The van der Waals surface area contributed by atoms with Gasteiger partial charge in [0.25, 0.3) is 5.91 Å². The molecule has 30 heavy (non-hydrogen) atoms. The number of nitrogens with one attached hydrogen (secondary N) is 3. The van der Waals surface area contributed by atoms with Crippen LogP contribution in [-0.4, -0.2) is 64.2 Å². The second kappa shape index (κ2) is 11.1. The van der Waals surface area contributed by atoms with Gasteiger partial charge in [-0.25, -0.2) is 12.7 Å². The lowest BCUT2D eigenvalue weighted by atomic mass is 9.89. The van der Waals surface area contributed by atoms with E-state index < -0.39 is 21.8 Å². The monoisotopic (exact) mass is 438 g/mol. The molecule has 1 aliphatic rings. The topological polar surface area (TPSA) is 125 Å². The molecule has 0 atom stereocenters.